The minimum atomic E-state index is -3.05. The van der Waals surface area contributed by atoms with Crippen LogP contribution in [0.1, 0.15) is 20.8 Å². The Kier molecular flexibility index (Phi) is 7.11. The third-order valence-electron chi connectivity index (χ3n) is 1.53. The fraction of sp³-hybridized carbons (Fsp3) is 0.778. The van der Waals surface area contributed by atoms with Crippen LogP contribution in [-0.2, 0) is 18.3 Å². The molecule has 0 aromatic carbocycles. The van der Waals surface area contributed by atoms with Gasteiger partial charge in [-0.25, -0.2) is 0 Å². The van der Waals surface area contributed by atoms with Crippen molar-refractivity contribution in [1.82, 2.24) is 0 Å². The Balaban J connectivity index is 4.35. The highest BCUT2D eigenvalue weighted by Crippen LogP contribution is 2.49. The summed E-state index contributed by atoms with van der Waals surface area (Å²) in [6.07, 6.45) is 1.58. The van der Waals surface area contributed by atoms with E-state index in [1.54, 1.807) is 27.0 Å². The summed E-state index contributed by atoms with van der Waals surface area (Å²) in [5.74, 6) is 1.45. The molecule has 0 aromatic rings. The summed E-state index contributed by atoms with van der Waals surface area (Å²) in [7, 11) is -1.46. The maximum absolute atomic E-state index is 11.8. The molecule has 0 aliphatic rings. The lowest BCUT2D eigenvalue weighted by Crippen LogP contribution is -2.00. The zero-order valence-corrected chi connectivity index (χ0v) is 10.1. The average Bonchev–Trinajstić information content (AvgIpc) is 2.15. The van der Waals surface area contributed by atoms with E-state index < -0.39 is 7.60 Å². The van der Waals surface area contributed by atoms with E-state index in [-0.39, 0.29) is 6.10 Å². The Morgan fingerprint density at radius 3 is 2.14 bits per heavy atom. The standard InChI is InChI=1S/C9H19O4P/c1-5-12-14(10,13-6-2)8-7-9(3)11-4/h7-9H,5-6H2,1-4H3/b8-7+. The molecule has 0 saturated carbocycles. The molecule has 0 fully saturated rings. The second-order valence-corrected chi connectivity index (χ2v) is 4.55. The van der Waals surface area contributed by atoms with Crippen LogP contribution >= 0.6 is 7.60 Å². The summed E-state index contributed by atoms with van der Waals surface area (Å²) in [6.45, 7) is 6.13. The van der Waals surface area contributed by atoms with Crippen LogP contribution in [0.3, 0.4) is 0 Å². The monoisotopic (exact) mass is 222 g/mol. The molecule has 1 unspecified atom stereocenters. The predicted octanol–water partition coefficient (Wildman–Crippen LogP) is 2.80. The molecule has 0 aliphatic carbocycles. The Bertz CT molecular complexity index is 205. The second-order valence-electron chi connectivity index (χ2n) is 2.66. The lowest BCUT2D eigenvalue weighted by Gasteiger charge is -2.13. The number of hydrogen-bond acceptors (Lipinski definition) is 4. The van der Waals surface area contributed by atoms with Gasteiger partial charge in [-0.05, 0) is 26.8 Å². The Morgan fingerprint density at radius 2 is 1.79 bits per heavy atom. The van der Waals surface area contributed by atoms with E-state index in [2.05, 4.69) is 0 Å². The quantitative estimate of drug-likeness (QED) is 0.621. The highest BCUT2D eigenvalue weighted by molar-refractivity contribution is 7.57. The van der Waals surface area contributed by atoms with Crippen molar-refractivity contribution in [2.24, 2.45) is 0 Å². The number of hydrogen-bond donors (Lipinski definition) is 0. The van der Waals surface area contributed by atoms with E-state index in [4.69, 9.17) is 13.8 Å². The maximum Gasteiger partial charge on any atom is 0.353 e. The summed E-state index contributed by atoms with van der Waals surface area (Å²) >= 11 is 0. The van der Waals surface area contributed by atoms with Gasteiger partial charge in [0.2, 0.25) is 0 Å². The van der Waals surface area contributed by atoms with Gasteiger partial charge in [0, 0.05) is 12.9 Å². The van der Waals surface area contributed by atoms with Crippen LogP contribution in [0.25, 0.3) is 0 Å². The third-order valence-corrected chi connectivity index (χ3v) is 3.30. The summed E-state index contributed by atoms with van der Waals surface area (Å²) in [4.78, 5) is 0. The molecule has 0 bridgehead atoms. The first-order valence-corrected chi connectivity index (χ1v) is 6.30. The van der Waals surface area contributed by atoms with Crippen LogP contribution in [-0.4, -0.2) is 26.4 Å². The molecule has 0 saturated heterocycles. The van der Waals surface area contributed by atoms with Crippen molar-refractivity contribution in [2.75, 3.05) is 20.3 Å². The van der Waals surface area contributed by atoms with Gasteiger partial charge in [-0.2, -0.15) is 0 Å². The van der Waals surface area contributed by atoms with Crippen LogP contribution in [0.5, 0.6) is 0 Å². The minimum absolute atomic E-state index is 0.0933. The highest BCUT2D eigenvalue weighted by atomic mass is 31.2. The fourth-order valence-corrected chi connectivity index (χ4v) is 2.21. The van der Waals surface area contributed by atoms with Crippen LogP contribution in [0, 0.1) is 0 Å². The molecular weight excluding hydrogens is 203 g/mol. The average molecular weight is 222 g/mol. The number of rotatable bonds is 7. The molecule has 0 heterocycles. The van der Waals surface area contributed by atoms with Crippen molar-refractivity contribution in [3.63, 3.8) is 0 Å². The van der Waals surface area contributed by atoms with Crippen LogP contribution < -0.4 is 0 Å². The first kappa shape index (κ1) is 13.8. The SMILES string of the molecule is CCOP(=O)(/C=C/C(C)OC)OCC. The summed E-state index contributed by atoms with van der Waals surface area (Å²) in [5, 5.41) is 0. The van der Waals surface area contributed by atoms with Crippen molar-refractivity contribution in [2.45, 2.75) is 26.9 Å². The molecule has 0 N–H and O–H groups in total. The van der Waals surface area contributed by atoms with E-state index in [1.165, 1.54) is 5.82 Å². The van der Waals surface area contributed by atoms with Gasteiger partial charge in [0.15, 0.2) is 0 Å². The van der Waals surface area contributed by atoms with Crippen molar-refractivity contribution in [3.8, 4) is 0 Å². The molecule has 0 radical (unpaired) electrons. The van der Waals surface area contributed by atoms with E-state index in [0.717, 1.165) is 0 Å². The van der Waals surface area contributed by atoms with Crippen molar-refractivity contribution >= 4 is 7.60 Å². The van der Waals surface area contributed by atoms with Gasteiger partial charge in [0.1, 0.15) is 0 Å². The van der Waals surface area contributed by atoms with Crippen molar-refractivity contribution in [3.05, 3.63) is 11.9 Å². The molecule has 0 spiro atoms. The second kappa shape index (κ2) is 7.18. The van der Waals surface area contributed by atoms with Gasteiger partial charge >= 0.3 is 7.60 Å². The van der Waals surface area contributed by atoms with Crippen LogP contribution in [0.2, 0.25) is 0 Å². The van der Waals surface area contributed by atoms with Gasteiger partial charge in [0.05, 0.1) is 19.3 Å². The normalized spacial score (nSPS) is 14.9. The van der Waals surface area contributed by atoms with Gasteiger partial charge < -0.3 is 13.8 Å². The van der Waals surface area contributed by atoms with E-state index in [1.807, 2.05) is 6.92 Å². The topological polar surface area (TPSA) is 44.8 Å². The zero-order valence-electron chi connectivity index (χ0n) is 9.23. The molecule has 0 aromatic heterocycles. The highest BCUT2D eigenvalue weighted by Gasteiger charge is 2.18. The van der Waals surface area contributed by atoms with Crippen LogP contribution in [0.15, 0.2) is 11.9 Å². The Hall–Kier alpha value is -0.150. The Labute approximate surface area is 85.8 Å². The van der Waals surface area contributed by atoms with E-state index in [9.17, 15) is 4.57 Å². The minimum Gasteiger partial charge on any atom is -0.378 e. The third kappa shape index (κ3) is 5.55. The van der Waals surface area contributed by atoms with Crippen molar-refractivity contribution < 1.29 is 18.3 Å². The lowest BCUT2D eigenvalue weighted by atomic mass is 10.4. The fourth-order valence-electron chi connectivity index (χ4n) is 0.788. The number of methoxy groups -OCH3 is 1. The van der Waals surface area contributed by atoms with Gasteiger partial charge in [-0.15, -0.1) is 0 Å². The molecule has 14 heavy (non-hydrogen) atoms. The Morgan fingerprint density at radius 1 is 1.29 bits per heavy atom. The molecule has 84 valence electrons. The molecule has 5 heteroatoms. The molecule has 4 nitrogen and oxygen atoms in total. The molecule has 0 amide bonds. The molecule has 0 rings (SSSR count). The first-order chi connectivity index (χ1) is 6.58. The largest absolute Gasteiger partial charge is 0.378 e. The summed E-state index contributed by atoms with van der Waals surface area (Å²) < 4.78 is 26.9. The summed E-state index contributed by atoms with van der Waals surface area (Å²) in [5.41, 5.74) is 0. The van der Waals surface area contributed by atoms with Gasteiger partial charge in [-0.3, -0.25) is 4.57 Å². The van der Waals surface area contributed by atoms with Crippen LogP contribution in [0.4, 0.5) is 0 Å². The predicted molar refractivity (Wildman–Crippen MR) is 56.5 cm³/mol. The smallest absolute Gasteiger partial charge is 0.353 e. The molecule has 1 atom stereocenters. The molecule has 0 aliphatic heterocycles. The van der Waals surface area contributed by atoms with Crippen molar-refractivity contribution in [1.29, 1.82) is 0 Å². The van der Waals surface area contributed by atoms with Gasteiger partial charge in [0.25, 0.3) is 0 Å². The van der Waals surface area contributed by atoms with E-state index >= 15 is 0 Å². The zero-order chi connectivity index (χ0) is 11.0. The first-order valence-electron chi connectivity index (χ1n) is 4.69. The lowest BCUT2D eigenvalue weighted by molar-refractivity contribution is 0.156. The summed E-state index contributed by atoms with van der Waals surface area (Å²) in [6, 6.07) is 0. The number of ether oxygens (including phenoxy) is 1. The molecular formula is C9H19O4P. The maximum atomic E-state index is 11.8. The van der Waals surface area contributed by atoms with Gasteiger partial charge in [-0.1, -0.05) is 0 Å². The van der Waals surface area contributed by atoms with E-state index in [0.29, 0.717) is 13.2 Å².